The van der Waals surface area contributed by atoms with Crippen LogP contribution in [0.3, 0.4) is 0 Å². The van der Waals surface area contributed by atoms with Gasteiger partial charge in [-0.1, -0.05) is 12.7 Å². The Morgan fingerprint density at radius 1 is 1.07 bits per heavy atom. The van der Waals surface area contributed by atoms with E-state index < -0.39 is 0 Å². The van der Waals surface area contributed by atoms with Crippen molar-refractivity contribution in [1.29, 1.82) is 0 Å². The van der Waals surface area contributed by atoms with Gasteiger partial charge in [0.2, 0.25) is 5.75 Å². The fraction of sp³-hybridized carbons (Fsp3) is 0.333. The summed E-state index contributed by atoms with van der Waals surface area (Å²) in [5.41, 5.74) is 1.02. The van der Waals surface area contributed by atoms with Gasteiger partial charge in [-0.25, -0.2) is 0 Å². The number of benzene rings is 1. The molecule has 0 aliphatic rings. The highest BCUT2D eigenvalue weighted by molar-refractivity contribution is 5.54. The lowest BCUT2D eigenvalue weighted by atomic mass is 10.1. The molecule has 1 aromatic rings. The van der Waals surface area contributed by atoms with Gasteiger partial charge in [0.15, 0.2) is 11.5 Å². The molecule has 0 unspecified atom stereocenters. The van der Waals surface area contributed by atoms with E-state index in [0.29, 0.717) is 23.7 Å². The molecule has 1 radical (unpaired) electrons. The van der Waals surface area contributed by atoms with Crippen molar-refractivity contribution < 1.29 is 14.2 Å². The number of allylic oxidation sites excluding steroid dienone is 1. The quantitative estimate of drug-likeness (QED) is 0.741. The van der Waals surface area contributed by atoms with E-state index in [1.165, 1.54) is 0 Å². The first kappa shape index (κ1) is 11.4. The molecule has 0 N–H and O–H groups in total. The maximum absolute atomic E-state index is 5.38. The molecule has 0 amide bonds. The molecule has 0 atom stereocenters. The van der Waals surface area contributed by atoms with Crippen LogP contribution in [0.15, 0.2) is 18.2 Å². The second-order valence-electron chi connectivity index (χ2n) is 2.97. The summed E-state index contributed by atoms with van der Waals surface area (Å²) in [5, 5.41) is 0. The van der Waals surface area contributed by atoms with Crippen LogP contribution in [0.5, 0.6) is 17.2 Å². The van der Waals surface area contributed by atoms with Gasteiger partial charge in [0.05, 0.1) is 21.3 Å². The summed E-state index contributed by atoms with van der Waals surface area (Å²) in [6, 6.07) is 3.76. The summed E-state index contributed by atoms with van der Waals surface area (Å²) < 4.78 is 15.6. The fourth-order valence-electron chi connectivity index (χ4n) is 1.39. The number of hydrogen-bond donors (Lipinski definition) is 0. The van der Waals surface area contributed by atoms with E-state index in [1.54, 1.807) is 27.4 Å². The Kier molecular flexibility index (Phi) is 4.03. The molecule has 0 saturated carbocycles. The van der Waals surface area contributed by atoms with Gasteiger partial charge >= 0.3 is 0 Å². The van der Waals surface area contributed by atoms with Crippen molar-refractivity contribution in [3.05, 3.63) is 30.4 Å². The van der Waals surface area contributed by atoms with Gasteiger partial charge in [-0.3, -0.25) is 0 Å². The van der Waals surface area contributed by atoms with E-state index in [1.807, 2.05) is 12.1 Å². The number of hydrogen-bond acceptors (Lipinski definition) is 3. The molecule has 1 rings (SSSR count). The first-order valence-corrected chi connectivity index (χ1v) is 4.59. The Morgan fingerprint density at radius 2 is 1.60 bits per heavy atom. The highest BCUT2D eigenvalue weighted by Crippen LogP contribution is 2.38. The van der Waals surface area contributed by atoms with Crippen LogP contribution in [0.1, 0.15) is 5.56 Å². The summed E-state index contributed by atoms with van der Waals surface area (Å²) >= 11 is 0. The molecular weight excluding hydrogens is 192 g/mol. The topological polar surface area (TPSA) is 27.7 Å². The molecule has 3 nitrogen and oxygen atoms in total. The third kappa shape index (κ3) is 2.43. The van der Waals surface area contributed by atoms with Gasteiger partial charge in [0.1, 0.15) is 0 Å². The van der Waals surface area contributed by atoms with E-state index >= 15 is 0 Å². The Bertz CT molecular complexity index is 320. The van der Waals surface area contributed by atoms with Crippen molar-refractivity contribution in [3.8, 4) is 17.2 Å². The number of rotatable bonds is 5. The zero-order valence-electron chi connectivity index (χ0n) is 9.24. The molecule has 0 spiro atoms. The van der Waals surface area contributed by atoms with Crippen molar-refractivity contribution >= 4 is 0 Å². The molecular formula is C12H15O3. The SMILES string of the molecule is [CH]=CCc1cc(OC)c(OC)c(OC)c1. The highest BCUT2D eigenvalue weighted by atomic mass is 16.5. The summed E-state index contributed by atoms with van der Waals surface area (Å²) in [4.78, 5) is 0. The molecule has 81 valence electrons. The maximum atomic E-state index is 5.38. The minimum atomic E-state index is 0.598. The van der Waals surface area contributed by atoms with Crippen LogP contribution in [-0.2, 0) is 6.42 Å². The van der Waals surface area contributed by atoms with E-state index in [9.17, 15) is 0 Å². The average Bonchev–Trinajstić information content (AvgIpc) is 2.28. The van der Waals surface area contributed by atoms with Crippen molar-refractivity contribution in [2.24, 2.45) is 0 Å². The number of methoxy groups -OCH3 is 3. The Balaban J connectivity index is 3.22. The molecule has 0 saturated heterocycles. The van der Waals surface area contributed by atoms with Crippen LogP contribution in [0.25, 0.3) is 0 Å². The van der Waals surface area contributed by atoms with Crippen molar-refractivity contribution in [2.45, 2.75) is 6.42 Å². The standard InChI is InChI=1S/C12H15O3/c1-5-6-9-7-10(13-2)12(15-4)11(8-9)14-3/h1,5,7-8H,6H2,2-4H3. The molecule has 1 aromatic carbocycles. The first-order valence-electron chi connectivity index (χ1n) is 4.59. The lowest BCUT2D eigenvalue weighted by molar-refractivity contribution is 0.324. The van der Waals surface area contributed by atoms with Gasteiger partial charge in [0.25, 0.3) is 0 Å². The minimum absolute atomic E-state index is 0.598. The third-order valence-electron chi connectivity index (χ3n) is 2.08. The smallest absolute Gasteiger partial charge is 0.203 e. The van der Waals surface area contributed by atoms with Gasteiger partial charge in [-0.2, -0.15) is 0 Å². The fourth-order valence-corrected chi connectivity index (χ4v) is 1.39. The second kappa shape index (κ2) is 5.29. The van der Waals surface area contributed by atoms with E-state index in [-0.39, 0.29) is 0 Å². The average molecular weight is 207 g/mol. The molecule has 0 bridgehead atoms. The monoisotopic (exact) mass is 207 g/mol. The summed E-state index contributed by atoms with van der Waals surface area (Å²) in [7, 11) is 4.76. The number of ether oxygens (including phenoxy) is 3. The Hall–Kier alpha value is -1.64. The molecule has 0 heterocycles. The molecule has 15 heavy (non-hydrogen) atoms. The van der Waals surface area contributed by atoms with E-state index in [0.717, 1.165) is 5.56 Å². The van der Waals surface area contributed by atoms with E-state index in [2.05, 4.69) is 0 Å². The molecule has 0 aromatic heterocycles. The summed E-state index contributed by atoms with van der Waals surface area (Å²) in [6.45, 7) is 5.38. The predicted octanol–water partition coefficient (Wildman–Crippen LogP) is 2.24. The van der Waals surface area contributed by atoms with Crippen LogP contribution >= 0.6 is 0 Å². The second-order valence-corrected chi connectivity index (χ2v) is 2.97. The van der Waals surface area contributed by atoms with Crippen LogP contribution in [0.2, 0.25) is 0 Å². The first-order chi connectivity index (χ1) is 7.26. The molecule has 0 aliphatic carbocycles. The Morgan fingerprint density at radius 3 is 1.93 bits per heavy atom. The largest absolute Gasteiger partial charge is 0.493 e. The normalized spacial score (nSPS) is 9.53. The zero-order chi connectivity index (χ0) is 11.3. The van der Waals surface area contributed by atoms with Gasteiger partial charge < -0.3 is 14.2 Å². The van der Waals surface area contributed by atoms with Crippen LogP contribution < -0.4 is 14.2 Å². The lowest BCUT2D eigenvalue weighted by Gasteiger charge is -2.13. The third-order valence-corrected chi connectivity index (χ3v) is 2.08. The van der Waals surface area contributed by atoms with Crippen LogP contribution in [0.4, 0.5) is 0 Å². The van der Waals surface area contributed by atoms with Gasteiger partial charge in [-0.05, 0) is 24.1 Å². The van der Waals surface area contributed by atoms with Crippen molar-refractivity contribution in [3.63, 3.8) is 0 Å². The highest BCUT2D eigenvalue weighted by Gasteiger charge is 2.12. The predicted molar refractivity (Wildman–Crippen MR) is 58.7 cm³/mol. The van der Waals surface area contributed by atoms with Crippen LogP contribution in [0, 0.1) is 6.58 Å². The molecule has 0 fully saturated rings. The van der Waals surface area contributed by atoms with Crippen molar-refractivity contribution in [2.75, 3.05) is 21.3 Å². The van der Waals surface area contributed by atoms with Gasteiger partial charge in [0, 0.05) is 0 Å². The summed E-state index contributed by atoms with van der Waals surface area (Å²) in [5.74, 6) is 1.89. The maximum Gasteiger partial charge on any atom is 0.203 e. The minimum Gasteiger partial charge on any atom is -0.493 e. The molecule has 0 aliphatic heterocycles. The van der Waals surface area contributed by atoms with Crippen molar-refractivity contribution in [1.82, 2.24) is 0 Å². The Labute approximate surface area is 90.3 Å². The van der Waals surface area contributed by atoms with E-state index in [4.69, 9.17) is 20.8 Å². The summed E-state index contributed by atoms with van der Waals surface area (Å²) in [6.07, 6.45) is 2.25. The lowest BCUT2D eigenvalue weighted by Crippen LogP contribution is -1.96. The molecule has 3 heteroatoms. The zero-order valence-corrected chi connectivity index (χ0v) is 9.24. The van der Waals surface area contributed by atoms with Gasteiger partial charge in [-0.15, -0.1) is 0 Å². The van der Waals surface area contributed by atoms with Crippen LogP contribution in [-0.4, -0.2) is 21.3 Å².